The first-order chi connectivity index (χ1) is 10.1. The molecule has 0 spiro atoms. The van der Waals surface area contributed by atoms with Gasteiger partial charge < -0.3 is 19.9 Å². The van der Waals surface area contributed by atoms with E-state index in [-0.39, 0.29) is 24.2 Å². The molecule has 0 aromatic carbocycles. The SMILES string of the molecule is CC[C@H](NC(=O)N[C@@H](CC)[C@@H]1CCCO1)c1noc(C)n1. The van der Waals surface area contributed by atoms with Crippen LogP contribution >= 0.6 is 0 Å². The summed E-state index contributed by atoms with van der Waals surface area (Å²) in [4.78, 5) is 16.3. The molecule has 7 heteroatoms. The Bertz CT molecular complexity index is 457. The molecule has 2 heterocycles. The van der Waals surface area contributed by atoms with Gasteiger partial charge in [-0.15, -0.1) is 0 Å². The predicted octanol–water partition coefficient (Wildman–Crippen LogP) is 2.09. The van der Waals surface area contributed by atoms with E-state index in [0.29, 0.717) is 18.1 Å². The van der Waals surface area contributed by atoms with E-state index in [4.69, 9.17) is 9.26 Å². The Hall–Kier alpha value is -1.63. The molecule has 1 aromatic rings. The largest absolute Gasteiger partial charge is 0.376 e. The third kappa shape index (κ3) is 4.17. The molecule has 0 unspecified atom stereocenters. The second kappa shape index (κ2) is 7.40. The normalized spacial score (nSPS) is 21.0. The molecule has 1 aromatic heterocycles. The average Bonchev–Trinajstić information content (AvgIpc) is 3.13. The van der Waals surface area contributed by atoms with Gasteiger partial charge in [0.1, 0.15) is 0 Å². The molecule has 21 heavy (non-hydrogen) atoms. The molecule has 2 amide bonds. The van der Waals surface area contributed by atoms with Crippen LogP contribution in [-0.4, -0.2) is 34.9 Å². The Morgan fingerprint density at radius 3 is 2.71 bits per heavy atom. The van der Waals surface area contributed by atoms with Crippen molar-refractivity contribution in [3.8, 4) is 0 Å². The number of amides is 2. The van der Waals surface area contributed by atoms with Gasteiger partial charge in [-0.05, 0) is 25.7 Å². The number of carbonyl (C=O) groups is 1. The first-order valence-corrected chi connectivity index (χ1v) is 7.62. The van der Waals surface area contributed by atoms with Gasteiger partial charge in [0.2, 0.25) is 5.89 Å². The van der Waals surface area contributed by atoms with E-state index in [1.807, 2.05) is 13.8 Å². The minimum atomic E-state index is -0.246. The van der Waals surface area contributed by atoms with Crippen LogP contribution in [0.4, 0.5) is 4.79 Å². The van der Waals surface area contributed by atoms with Crippen molar-refractivity contribution in [1.29, 1.82) is 0 Å². The Balaban J connectivity index is 1.89. The number of rotatable bonds is 6. The second-order valence-electron chi connectivity index (χ2n) is 5.32. The lowest BCUT2D eigenvalue weighted by molar-refractivity contribution is 0.0794. The van der Waals surface area contributed by atoms with Crippen LogP contribution in [0.25, 0.3) is 0 Å². The van der Waals surface area contributed by atoms with Gasteiger partial charge in [0.15, 0.2) is 5.82 Å². The van der Waals surface area contributed by atoms with Crippen molar-refractivity contribution in [3.05, 3.63) is 11.7 Å². The minimum absolute atomic E-state index is 0.0389. The number of aromatic nitrogens is 2. The van der Waals surface area contributed by atoms with Crippen LogP contribution < -0.4 is 10.6 Å². The Kier molecular flexibility index (Phi) is 5.55. The maximum Gasteiger partial charge on any atom is 0.315 e. The van der Waals surface area contributed by atoms with Crippen molar-refractivity contribution in [2.24, 2.45) is 0 Å². The summed E-state index contributed by atoms with van der Waals surface area (Å²) >= 11 is 0. The summed E-state index contributed by atoms with van der Waals surface area (Å²) in [6.07, 6.45) is 3.72. The molecular formula is C14H24N4O3. The van der Waals surface area contributed by atoms with Crippen molar-refractivity contribution in [2.45, 2.75) is 64.6 Å². The van der Waals surface area contributed by atoms with Gasteiger partial charge in [-0.1, -0.05) is 19.0 Å². The lowest BCUT2D eigenvalue weighted by atomic mass is 10.1. The first kappa shape index (κ1) is 15.8. The van der Waals surface area contributed by atoms with Crippen LogP contribution in [0.5, 0.6) is 0 Å². The van der Waals surface area contributed by atoms with Gasteiger partial charge in [-0.3, -0.25) is 0 Å². The zero-order chi connectivity index (χ0) is 15.2. The third-order valence-electron chi connectivity index (χ3n) is 3.74. The van der Waals surface area contributed by atoms with Gasteiger partial charge in [-0.25, -0.2) is 4.79 Å². The Labute approximate surface area is 124 Å². The molecule has 118 valence electrons. The summed E-state index contributed by atoms with van der Waals surface area (Å²) in [5.74, 6) is 1.01. The number of aryl methyl sites for hydroxylation is 1. The van der Waals surface area contributed by atoms with E-state index in [0.717, 1.165) is 25.9 Å². The summed E-state index contributed by atoms with van der Waals surface area (Å²) in [6, 6.07) is -0.423. The Morgan fingerprint density at radius 1 is 1.38 bits per heavy atom. The van der Waals surface area contributed by atoms with Crippen molar-refractivity contribution < 1.29 is 14.1 Å². The van der Waals surface area contributed by atoms with Crippen molar-refractivity contribution in [1.82, 2.24) is 20.8 Å². The maximum atomic E-state index is 12.2. The molecule has 0 bridgehead atoms. The molecule has 7 nitrogen and oxygen atoms in total. The summed E-state index contributed by atoms with van der Waals surface area (Å²) in [7, 11) is 0. The zero-order valence-electron chi connectivity index (χ0n) is 12.9. The highest BCUT2D eigenvalue weighted by Gasteiger charge is 2.27. The number of nitrogens with zero attached hydrogens (tertiary/aromatic N) is 2. The molecule has 3 atom stereocenters. The van der Waals surface area contributed by atoms with E-state index in [9.17, 15) is 4.79 Å². The monoisotopic (exact) mass is 296 g/mol. The number of hydrogen-bond acceptors (Lipinski definition) is 5. The van der Waals surface area contributed by atoms with Crippen LogP contribution in [0, 0.1) is 6.92 Å². The average molecular weight is 296 g/mol. The minimum Gasteiger partial charge on any atom is -0.376 e. The summed E-state index contributed by atoms with van der Waals surface area (Å²) in [5.41, 5.74) is 0. The Morgan fingerprint density at radius 2 is 2.19 bits per heavy atom. The molecule has 0 saturated carbocycles. The fraction of sp³-hybridized carbons (Fsp3) is 0.786. The zero-order valence-corrected chi connectivity index (χ0v) is 12.9. The topological polar surface area (TPSA) is 89.3 Å². The molecule has 1 aliphatic heterocycles. The molecule has 1 aliphatic rings. The number of urea groups is 1. The number of hydrogen-bond donors (Lipinski definition) is 2. The molecule has 2 rings (SSSR count). The first-order valence-electron chi connectivity index (χ1n) is 7.62. The fourth-order valence-electron chi connectivity index (χ4n) is 2.55. The smallest absolute Gasteiger partial charge is 0.315 e. The van der Waals surface area contributed by atoms with Crippen molar-refractivity contribution >= 4 is 6.03 Å². The summed E-state index contributed by atoms with van der Waals surface area (Å²) < 4.78 is 10.6. The van der Waals surface area contributed by atoms with Crippen LogP contribution in [0.2, 0.25) is 0 Å². The van der Waals surface area contributed by atoms with Gasteiger partial charge in [-0.2, -0.15) is 4.98 Å². The van der Waals surface area contributed by atoms with E-state index >= 15 is 0 Å². The predicted molar refractivity (Wildman–Crippen MR) is 76.8 cm³/mol. The van der Waals surface area contributed by atoms with Crippen molar-refractivity contribution in [2.75, 3.05) is 6.61 Å². The fourth-order valence-corrected chi connectivity index (χ4v) is 2.55. The van der Waals surface area contributed by atoms with E-state index in [1.54, 1.807) is 6.92 Å². The third-order valence-corrected chi connectivity index (χ3v) is 3.74. The van der Waals surface area contributed by atoms with Gasteiger partial charge in [0.25, 0.3) is 0 Å². The summed E-state index contributed by atoms with van der Waals surface area (Å²) in [5, 5.41) is 9.75. The molecule has 1 saturated heterocycles. The van der Waals surface area contributed by atoms with Crippen molar-refractivity contribution in [3.63, 3.8) is 0 Å². The summed E-state index contributed by atoms with van der Waals surface area (Å²) in [6.45, 7) is 6.53. The van der Waals surface area contributed by atoms with Crippen LogP contribution in [0.15, 0.2) is 4.52 Å². The molecular weight excluding hydrogens is 272 g/mol. The van der Waals surface area contributed by atoms with E-state index in [2.05, 4.69) is 20.8 Å². The van der Waals surface area contributed by atoms with E-state index < -0.39 is 0 Å². The van der Waals surface area contributed by atoms with E-state index in [1.165, 1.54) is 0 Å². The quantitative estimate of drug-likeness (QED) is 0.839. The van der Waals surface area contributed by atoms with Gasteiger partial charge >= 0.3 is 6.03 Å². The highest BCUT2D eigenvalue weighted by Crippen LogP contribution is 2.18. The maximum absolute atomic E-state index is 12.2. The number of nitrogens with one attached hydrogen (secondary N) is 2. The lowest BCUT2D eigenvalue weighted by Crippen LogP contribution is -2.48. The highest BCUT2D eigenvalue weighted by molar-refractivity contribution is 5.74. The molecule has 1 fully saturated rings. The number of carbonyl (C=O) groups excluding carboxylic acids is 1. The van der Waals surface area contributed by atoms with Crippen LogP contribution in [-0.2, 0) is 4.74 Å². The number of ether oxygens (including phenoxy) is 1. The standard InChI is InChI=1S/C14H24N4O3/c1-4-10(12-7-6-8-20-12)16-14(19)17-11(5-2)13-15-9(3)21-18-13/h10-12H,4-8H2,1-3H3,(H2,16,17,19)/t10-,11-,12-/m0/s1. The van der Waals surface area contributed by atoms with Crippen LogP contribution in [0.3, 0.4) is 0 Å². The molecule has 0 aliphatic carbocycles. The van der Waals surface area contributed by atoms with Gasteiger partial charge in [0.05, 0.1) is 18.2 Å². The highest BCUT2D eigenvalue weighted by atomic mass is 16.5. The van der Waals surface area contributed by atoms with Gasteiger partial charge in [0, 0.05) is 13.5 Å². The molecule has 2 N–H and O–H groups in total. The molecule has 0 radical (unpaired) electrons. The lowest BCUT2D eigenvalue weighted by Gasteiger charge is -2.24. The van der Waals surface area contributed by atoms with Crippen LogP contribution in [0.1, 0.15) is 57.3 Å². The second-order valence-corrected chi connectivity index (χ2v) is 5.32.